The maximum atomic E-state index is 12.3. The second-order valence-corrected chi connectivity index (χ2v) is 7.48. The molecule has 0 bridgehead atoms. The van der Waals surface area contributed by atoms with Gasteiger partial charge in [-0.25, -0.2) is 13.1 Å². The van der Waals surface area contributed by atoms with Crippen LogP contribution in [0.4, 0.5) is 0 Å². The highest BCUT2D eigenvalue weighted by Gasteiger charge is 2.18. The number of rotatable bonds is 5. The van der Waals surface area contributed by atoms with Gasteiger partial charge in [-0.1, -0.05) is 17.7 Å². The van der Waals surface area contributed by atoms with E-state index in [1.165, 1.54) is 18.9 Å². The molecule has 0 amide bonds. The number of benzene rings is 1. The fourth-order valence-electron chi connectivity index (χ4n) is 2.51. The minimum absolute atomic E-state index is 0.270. The molecule has 2 rings (SSSR count). The van der Waals surface area contributed by atoms with Gasteiger partial charge >= 0.3 is 0 Å². The third-order valence-corrected chi connectivity index (χ3v) is 5.52. The van der Waals surface area contributed by atoms with Crippen molar-refractivity contribution in [1.29, 1.82) is 0 Å². The molecule has 0 aliphatic carbocycles. The van der Waals surface area contributed by atoms with Crippen molar-refractivity contribution >= 4 is 21.6 Å². The Labute approximate surface area is 126 Å². The fraction of sp³-hybridized carbons (Fsp3) is 0.571. The molecular formula is C14H21ClN2O2S. The Morgan fingerprint density at radius 3 is 2.95 bits per heavy atom. The van der Waals surface area contributed by atoms with E-state index in [9.17, 15) is 8.42 Å². The van der Waals surface area contributed by atoms with Gasteiger partial charge in [0.05, 0.1) is 4.90 Å². The Morgan fingerprint density at radius 1 is 1.45 bits per heavy atom. The summed E-state index contributed by atoms with van der Waals surface area (Å²) in [4.78, 5) is 0.270. The van der Waals surface area contributed by atoms with Crippen LogP contribution in [0.25, 0.3) is 0 Å². The number of hydrogen-bond acceptors (Lipinski definition) is 3. The molecule has 0 radical (unpaired) electrons. The van der Waals surface area contributed by atoms with Crippen molar-refractivity contribution < 1.29 is 8.42 Å². The minimum atomic E-state index is -3.47. The van der Waals surface area contributed by atoms with Gasteiger partial charge < -0.3 is 5.32 Å². The van der Waals surface area contributed by atoms with Gasteiger partial charge in [-0.3, -0.25) is 0 Å². The van der Waals surface area contributed by atoms with Gasteiger partial charge in [0.2, 0.25) is 10.0 Å². The molecule has 0 spiro atoms. The number of piperidine rings is 1. The second-order valence-electron chi connectivity index (χ2n) is 5.31. The highest BCUT2D eigenvalue weighted by molar-refractivity contribution is 7.89. The van der Waals surface area contributed by atoms with Crippen molar-refractivity contribution in [2.75, 3.05) is 19.6 Å². The molecule has 6 heteroatoms. The smallest absolute Gasteiger partial charge is 0.240 e. The van der Waals surface area contributed by atoms with Gasteiger partial charge in [-0.15, -0.1) is 0 Å². The molecule has 0 aromatic heterocycles. The predicted octanol–water partition coefficient (Wildman–Crippen LogP) is 2.32. The van der Waals surface area contributed by atoms with Crippen LogP contribution in [0, 0.1) is 12.8 Å². The summed E-state index contributed by atoms with van der Waals surface area (Å²) < 4.78 is 27.2. The van der Waals surface area contributed by atoms with E-state index in [1.54, 1.807) is 19.1 Å². The first-order chi connectivity index (χ1) is 9.49. The molecule has 1 saturated heterocycles. The summed E-state index contributed by atoms with van der Waals surface area (Å²) >= 11 is 5.88. The molecule has 1 aliphatic rings. The zero-order valence-electron chi connectivity index (χ0n) is 11.7. The molecule has 2 N–H and O–H groups in total. The number of sulfonamides is 1. The Kier molecular flexibility index (Phi) is 5.43. The van der Waals surface area contributed by atoms with Crippen molar-refractivity contribution in [2.24, 2.45) is 5.92 Å². The molecule has 1 aromatic carbocycles. The number of hydrogen-bond donors (Lipinski definition) is 2. The predicted molar refractivity (Wildman–Crippen MR) is 81.6 cm³/mol. The molecule has 112 valence electrons. The molecular weight excluding hydrogens is 296 g/mol. The van der Waals surface area contributed by atoms with Gasteiger partial charge in [0.15, 0.2) is 0 Å². The molecule has 1 fully saturated rings. The van der Waals surface area contributed by atoms with E-state index >= 15 is 0 Å². The average molecular weight is 317 g/mol. The summed E-state index contributed by atoms with van der Waals surface area (Å²) in [7, 11) is -3.47. The van der Waals surface area contributed by atoms with Crippen LogP contribution >= 0.6 is 11.6 Å². The van der Waals surface area contributed by atoms with E-state index in [4.69, 9.17) is 11.6 Å². The Hall–Kier alpha value is -0.620. The first-order valence-electron chi connectivity index (χ1n) is 6.95. The Morgan fingerprint density at radius 2 is 2.25 bits per heavy atom. The van der Waals surface area contributed by atoms with Crippen LogP contribution < -0.4 is 10.0 Å². The minimum Gasteiger partial charge on any atom is -0.316 e. The van der Waals surface area contributed by atoms with E-state index in [-0.39, 0.29) is 4.90 Å². The van der Waals surface area contributed by atoms with Crippen LogP contribution in [0.15, 0.2) is 23.1 Å². The summed E-state index contributed by atoms with van der Waals surface area (Å²) in [5, 5.41) is 3.77. The first kappa shape index (κ1) is 15.8. The molecule has 1 heterocycles. The van der Waals surface area contributed by atoms with Crippen molar-refractivity contribution in [3.63, 3.8) is 0 Å². The highest BCUT2D eigenvalue weighted by atomic mass is 35.5. The second kappa shape index (κ2) is 6.89. The van der Waals surface area contributed by atoms with Crippen LogP contribution in [0.1, 0.15) is 24.8 Å². The van der Waals surface area contributed by atoms with Gasteiger partial charge in [0.1, 0.15) is 0 Å². The van der Waals surface area contributed by atoms with Crippen molar-refractivity contribution in [3.8, 4) is 0 Å². The molecule has 1 unspecified atom stereocenters. The van der Waals surface area contributed by atoms with Crippen molar-refractivity contribution in [3.05, 3.63) is 28.8 Å². The standard InChI is InChI=1S/C14H21ClN2O2S/c1-11-4-5-13(15)9-14(11)20(18,19)17-8-6-12-3-2-7-16-10-12/h4-5,9,12,16-17H,2-3,6-8,10H2,1H3. The molecule has 1 aromatic rings. The lowest BCUT2D eigenvalue weighted by Crippen LogP contribution is -2.33. The number of nitrogens with one attached hydrogen (secondary N) is 2. The van der Waals surface area contributed by atoms with Gasteiger partial charge in [0.25, 0.3) is 0 Å². The molecule has 20 heavy (non-hydrogen) atoms. The summed E-state index contributed by atoms with van der Waals surface area (Å²) in [6.45, 7) is 4.30. The molecule has 0 saturated carbocycles. The van der Waals surface area contributed by atoms with Gasteiger partial charge in [0, 0.05) is 11.6 Å². The maximum absolute atomic E-state index is 12.3. The van der Waals surface area contributed by atoms with E-state index in [1.807, 2.05) is 0 Å². The monoisotopic (exact) mass is 316 g/mol. The van der Waals surface area contributed by atoms with E-state index in [0.29, 0.717) is 23.0 Å². The third kappa shape index (κ3) is 4.19. The van der Waals surface area contributed by atoms with Crippen LogP contribution in [0.2, 0.25) is 5.02 Å². The van der Waals surface area contributed by atoms with Crippen molar-refractivity contribution in [2.45, 2.75) is 31.1 Å². The third-order valence-electron chi connectivity index (χ3n) is 3.68. The van der Waals surface area contributed by atoms with E-state index in [0.717, 1.165) is 19.5 Å². The van der Waals surface area contributed by atoms with Crippen molar-refractivity contribution in [1.82, 2.24) is 10.0 Å². The van der Waals surface area contributed by atoms with Crippen LogP contribution in [0.3, 0.4) is 0 Å². The molecule has 4 nitrogen and oxygen atoms in total. The lowest BCUT2D eigenvalue weighted by molar-refractivity contribution is 0.358. The van der Waals surface area contributed by atoms with E-state index in [2.05, 4.69) is 10.0 Å². The SMILES string of the molecule is Cc1ccc(Cl)cc1S(=O)(=O)NCCC1CCCNC1. The largest absolute Gasteiger partial charge is 0.316 e. The molecule has 1 aliphatic heterocycles. The fourth-order valence-corrected chi connectivity index (χ4v) is 4.06. The zero-order valence-corrected chi connectivity index (χ0v) is 13.2. The van der Waals surface area contributed by atoms with Crippen LogP contribution in [0.5, 0.6) is 0 Å². The lowest BCUT2D eigenvalue weighted by atomic mass is 9.96. The number of halogens is 1. The van der Waals surface area contributed by atoms with Gasteiger partial charge in [-0.05, 0) is 62.9 Å². The van der Waals surface area contributed by atoms with Crippen LogP contribution in [-0.2, 0) is 10.0 Å². The number of aryl methyl sites for hydroxylation is 1. The summed E-state index contributed by atoms with van der Waals surface area (Å²) in [6.07, 6.45) is 3.21. The highest BCUT2D eigenvalue weighted by Crippen LogP contribution is 2.20. The zero-order chi connectivity index (χ0) is 14.6. The molecule has 1 atom stereocenters. The average Bonchev–Trinajstić information content (AvgIpc) is 2.42. The summed E-state index contributed by atoms with van der Waals surface area (Å²) in [6, 6.07) is 4.92. The quantitative estimate of drug-likeness (QED) is 0.876. The Bertz CT molecular complexity index is 554. The Balaban J connectivity index is 1.95. The summed E-state index contributed by atoms with van der Waals surface area (Å²) in [5.41, 5.74) is 0.709. The van der Waals surface area contributed by atoms with Gasteiger partial charge in [-0.2, -0.15) is 0 Å². The van der Waals surface area contributed by atoms with Crippen LogP contribution in [-0.4, -0.2) is 28.1 Å². The van der Waals surface area contributed by atoms with E-state index < -0.39 is 10.0 Å². The normalized spacial score (nSPS) is 20.0. The topological polar surface area (TPSA) is 58.2 Å². The first-order valence-corrected chi connectivity index (χ1v) is 8.82. The maximum Gasteiger partial charge on any atom is 0.240 e. The summed E-state index contributed by atoms with van der Waals surface area (Å²) in [5.74, 6) is 0.562. The lowest BCUT2D eigenvalue weighted by Gasteiger charge is -2.22.